The molecule has 4 N–H and O–H groups in total. The fourth-order valence-corrected chi connectivity index (χ4v) is 4.38. The van der Waals surface area contributed by atoms with Gasteiger partial charge in [0.2, 0.25) is 0 Å². The molecule has 238 valence electrons. The zero-order valence-corrected chi connectivity index (χ0v) is 24.4. The number of hydrogen-bond donors (Lipinski definition) is 4. The summed E-state index contributed by atoms with van der Waals surface area (Å²) in [5.41, 5.74) is 1.35. The number of aliphatic hydroxyl groups excluding tert-OH is 1. The molecular weight excluding hydrogens is 590 g/mol. The molecule has 1 fully saturated rings. The van der Waals surface area contributed by atoms with Crippen LogP contribution in [0.3, 0.4) is 0 Å². The lowest BCUT2D eigenvalue weighted by molar-refractivity contribution is -0.290. The number of aliphatic hydroxyl groups is 1. The highest BCUT2D eigenvalue weighted by molar-refractivity contribution is 5.91. The third-order valence-electron chi connectivity index (χ3n) is 6.42. The highest BCUT2D eigenvalue weighted by atomic mass is 16.7. The smallest absolute Gasteiger partial charge is 0.412 e. The van der Waals surface area contributed by atoms with Crippen molar-refractivity contribution in [3.8, 4) is 0 Å². The molecule has 1 saturated heterocycles. The van der Waals surface area contributed by atoms with E-state index in [2.05, 4.69) is 16.0 Å². The molecule has 1 heterocycles. The number of anilines is 3. The summed E-state index contributed by atoms with van der Waals surface area (Å²) in [7, 11) is 1.26. The third kappa shape index (κ3) is 9.15. The van der Waals surface area contributed by atoms with Crippen molar-refractivity contribution in [3.63, 3.8) is 0 Å². The fourth-order valence-electron chi connectivity index (χ4n) is 4.38. The molecule has 3 aromatic carbocycles. The number of amides is 3. The van der Waals surface area contributed by atoms with Crippen LogP contribution in [0, 0.1) is 0 Å². The Morgan fingerprint density at radius 3 is 1.62 bits per heavy atom. The summed E-state index contributed by atoms with van der Waals surface area (Å²) < 4.78 is 33.0. The van der Waals surface area contributed by atoms with Gasteiger partial charge in [0.05, 0.1) is 18.8 Å². The molecule has 0 spiro atoms. The monoisotopic (exact) mass is 623 g/mol. The quantitative estimate of drug-likeness (QED) is 0.186. The number of nitrogens with one attached hydrogen (secondary N) is 3. The fraction of sp³-hybridized carbons (Fsp3) is 0.290. The van der Waals surface area contributed by atoms with Gasteiger partial charge in [-0.05, 0) is 55.5 Å². The molecule has 4 rings (SSSR count). The molecule has 14 nitrogen and oxygen atoms in total. The first-order valence-corrected chi connectivity index (χ1v) is 13.9. The van der Waals surface area contributed by atoms with Gasteiger partial charge in [0.25, 0.3) is 0 Å². The van der Waals surface area contributed by atoms with E-state index in [1.54, 1.807) is 67.6 Å². The van der Waals surface area contributed by atoms with Gasteiger partial charge < -0.3 is 33.5 Å². The zero-order chi connectivity index (χ0) is 32.2. The van der Waals surface area contributed by atoms with E-state index in [9.17, 15) is 24.3 Å². The van der Waals surface area contributed by atoms with Crippen molar-refractivity contribution in [2.45, 2.75) is 37.6 Å². The number of rotatable bonds is 10. The Hall–Kier alpha value is -5.18. The molecule has 3 aromatic rings. The molecule has 0 aromatic heterocycles. The van der Waals surface area contributed by atoms with E-state index in [-0.39, 0.29) is 17.9 Å². The van der Waals surface area contributed by atoms with Crippen LogP contribution in [-0.2, 0) is 28.4 Å². The number of methoxy groups -OCH3 is 1. The van der Waals surface area contributed by atoms with Gasteiger partial charge in [-0.3, -0.25) is 16.0 Å². The van der Waals surface area contributed by atoms with Gasteiger partial charge in [0.1, 0.15) is 6.10 Å². The summed E-state index contributed by atoms with van der Waals surface area (Å²) in [6.45, 7) is 1.20. The molecule has 0 bridgehead atoms. The van der Waals surface area contributed by atoms with Gasteiger partial charge in [0, 0.05) is 24.2 Å². The third-order valence-corrected chi connectivity index (χ3v) is 6.42. The molecule has 1 aliphatic rings. The molecule has 0 unspecified atom stereocenters. The number of ether oxygens (including phenoxy) is 6. The average molecular weight is 624 g/mol. The van der Waals surface area contributed by atoms with Crippen molar-refractivity contribution in [1.29, 1.82) is 0 Å². The van der Waals surface area contributed by atoms with Crippen molar-refractivity contribution in [3.05, 3.63) is 90.5 Å². The van der Waals surface area contributed by atoms with Crippen LogP contribution < -0.4 is 16.0 Å². The van der Waals surface area contributed by atoms with Gasteiger partial charge in [-0.15, -0.1) is 0 Å². The van der Waals surface area contributed by atoms with Crippen LogP contribution in [0.2, 0.25) is 0 Å². The summed E-state index contributed by atoms with van der Waals surface area (Å²) in [5, 5.41) is 17.7. The first-order chi connectivity index (χ1) is 21.8. The molecule has 0 aliphatic carbocycles. The van der Waals surface area contributed by atoms with Crippen LogP contribution >= 0.6 is 0 Å². The van der Waals surface area contributed by atoms with Crippen molar-refractivity contribution in [1.82, 2.24) is 0 Å². The minimum Gasteiger partial charge on any atom is -0.462 e. The molecule has 3 amide bonds. The highest BCUT2D eigenvalue weighted by Crippen LogP contribution is 2.30. The van der Waals surface area contributed by atoms with E-state index >= 15 is 0 Å². The topological polar surface area (TPSA) is 180 Å². The summed E-state index contributed by atoms with van der Waals surface area (Å²) in [6.07, 6.45) is -10.0. The maximum atomic E-state index is 13.0. The maximum absolute atomic E-state index is 13.0. The molecule has 0 radical (unpaired) electrons. The summed E-state index contributed by atoms with van der Waals surface area (Å²) in [4.78, 5) is 50.9. The second-order valence-electron chi connectivity index (χ2n) is 9.48. The van der Waals surface area contributed by atoms with Gasteiger partial charge in [-0.25, -0.2) is 19.2 Å². The first-order valence-electron chi connectivity index (χ1n) is 13.9. The zero-order valence-electron chi connectivity index (χ0n) is 24.4. The van der Waals surface area contributed by atoms with Gasteiger partial charge >= 0.3 is 24.2 Å². The normalized spacial score (nSPS) is 20.6. The van der Waals surface area contributed by atoms with Crippen LogP contribution in [0.1, 0.15) is 17.3 Å². The van der Waals surface area contributed by atoms with Crippen molar-refractivity contribution in [2.24, 2.45) is 0 Å². The number of carbonyl (C=O) groups excluding carboxylic acids is 4. The highest BCUT2D eigenvalue weighted by Gasteiger charge is 2.52. The van der Waals surface area contributed by atoms with Crippen LogP contribution in [0.5, 0.6) is 0 Å². The van der Waals surface area contributed by atoms with Crippen molar-refractivity contribution < 1.29 is 52.7 Å². The molecule has 5 atom stereocenters. The van der Waals surface area contributed by atoms with Gasteiger partial charge in [0.15, 0.2) is 24.6 Å². The number of hydrogen-bond acceptors (Lipinski definition) is 11. The van der Waals surface area contributed by atoms with Crippen LogP contribution in [0.25, 0.3) is 0 Å². The standard InChI is InChI=1S/C31H33N3O11/c1-3-41-27(36)19-14-16-22(17-15-19)34-29(37)43-24-23(18-35)42-28(40-2)26(45-31(39)33-21-12-8-5-9-13-21)25(24)44-30(38)32-20-10-6-4-7-11-20/h4-17,23-26,28,35H,3,18H2,1-2H3,(H,32,38)(H,33,39)(H,34,37)/t23-,24-,25+,26-,28+/m1/s1. The predicted molar refractivity (Wildman–Crippen MR) is 160 cm³/mol. The average Bonchev–Trinajstić information content (AvgIpc) is 3.04. The van der Waals surface area contributed by atoms with Crippen molar-refractivity contribution >= 4 is 41.3 Å². The Morgan fingerprint density at radius 2 is 1.16 bits per heavy atom. The van der Waals surface area contributed by atoms with Gasteiger partial charge in [-0.2, -0.15) is 0 Å². The SMILES string of the molecule is CCOC(=O)c1ccc(NC(=O)O[C@H]2[C@H](OC(=O)Nc3ccccc3)[C@@H](OC(=O)Nc3ccccc3)[C@@H](OC)O[C@@H]2CO)cc1. The van der Waals surface area contributed by atoms with Gasteiger partial charge in [-0.1, -0.05) is 36.4 Å². The van der Waals surface area contributed by atoms with E-state index in [0.717, 1.165) is 0 Å². The number of esters is 1. The largest absolute Gasteiger partial charge is 0.462 e. The van der Waals surface area contributed by atoms with Crippen LogP contribution in [0.15, 0.2) is 84.9 Å². The summed E-state index contributed by atoms with van der Waals surface area (Å²) in [6, 6.07) is 22.6. The molecule has 1 aliphatic heterocycles. The number of para-hydroxylation sites is 2. The Morgan fingerprint density at radius 1 is 0.689 bits per heavy atom. The van der Waals surface area contributed by atoms with E-state index in [1.807, 2.05) is 0 Å². The van der Waals surface area contributed by atoms with E-state index in [4.69, 9.17) is 28.4 Å². The Bertz CT molecular complexity index is 1420. The maximum Gasteiger partial charge on any atom is 0.412 e. The molecule has 45 heavy (non-hydrogen) atoms. The van der Waals surface area contributed by atoms with Crippen LogP contribution in [0.4, 0.5) is 31.4 Å². The Kier molecular flexibility index (Phi) is 11.7. The second kappa shape index (κ2) is 16.0. The minimum absolute atomic E-state index is 0.204. The molecular formula is C31H33N3O11. The lowest BCUT2D eigenvalue weighted by Crippen LogP contribution is -2.63. The Labute approximate surface area is 258 Å². The number of benzene rings is 3. The Balaban J connectivity index is 1.56. The van der Waals surface area contributed by atoms with E-state index in [1.165, 1.54) is 31.4 Å². The number of carbonyl (C=O) groups is 4. The van der Waals surface area contributed by atoms with E-state index in [0.29, 0.717) is 11.4 Å². The molecule has 0 saturated carbocycles. The minimum atomic E-state index is -1.52. The summed E-state index contributed by atoms with van der Waals surface area (Å²) >= 11 is 0. The lowest BCUT2D eigenvalue weighted by Gasteiger charge is -2.43. The lowest BCUT2D eigenvalue weighted by atomic mass is 9.98. The molecule has 14 heteroatoms. The van der Waals surface area contributed by atoms with Crippen LogP contribution in [-0.4, -0.2) is 80.4 Å². The first kappa shape index (κ1) is 32.7. The van der Waals surface area contributed by atoms with E-state index < -0.39 is 61.6 Å². The second-order valence-corrected chi connectivity index (χ2v) is 9.48. The van der Waals surface area contributed by atoms with Crippen molar-refractivity contribution in [2.75, 3.05) is 36.3 Å². The predicted octanol–water partition coefficient (Wildman–Crippen LogP) is 4.38. The summed E-state index contributed by atoms with van der Waals surface area (Å²) in [5.74, 6) is -0.527.